The van der Waals surface area contributed by atoms with Gasteiger partial charge < -0.3 is 4.74 Å². The molecule has 46 valence electrons. The van der Waals surface area contributed by atoms with Gasteiger partial charge in [-0.2, -0.15) is 0 Å². The maximum Gasteiger partial charge on any atom is 0.0577 e. The van der Waals surface area contributed by atoms with Crippen molar-refractivity contribution in [3.8, 4) is 0 Å². The minimum atomic E-state index is 0.323. The van der Waals surface area contributed by atoms with Gasteiger partial charge in [-0.1, -0.05) is 28.9 Å². The minimum absolute atomic E-state index is 0.323. The molecule has 0 aromatic carbocycles. The Labute approximate surface area is 57.8 Å². The van der Waals surface area contributed by atoms with Crippen LogP contribution in [-0.4, -0.2) is 13.2 Å². The molecule has 0 aliphatic carbocycles. The fourth-order valence-corrected chi connectivity index (χ4v) is 1.31. The number of hydrogen-bond donors (Lipinski definition) is 0. The van der Waals surface area contributed by atoms with Crippen molar-refractivity contribution in [2.45, 2.75) is 6.92 Å². The molecule has 1 rings (SSSR count). The molecule has 1 nitrogen and oxygen atoms in total. The van der Waals surface area contributed by atoms with Crippen LogP contribution in [0.1, 0.15) is 6.92 Å². The first-order valence-corrected chi connectivity index (χ1v) is 3.54. The van der Waals surface area contributed by atoms with E-state index < -0.39 is 0 Å². The van der Waals surface area contributed by atoms with Crippen LogP contribution in [0.25, 0.3) is 0 Å². The van der Waals surface area contributed by atoms with Gasteiger partial charge in [-0.25, -0.2) is 0 Å². The van der Waals surface area contributed by atoms with Gasteiger partial charge in [-0.05, 0) is 4.99 Å². The maximum atomic E-state index is 5.02. The topological polar surface area (TPSA) is 9.23 Å². The molecule has 8 heavy (non-hydrogen) atoms. The molecular weight excluding hydrogens is 168 g/mol. The van der Waals surface area contributed by atoms with Crippen molar-refractivity contribution in [1.29, 1.82) is 0 Å². The van der Waals surface area contributed by atoms with E-state index in [-0.39, 0.29) is 0 Å². The molecule has 2 heteroatoms. The second-order valence-electron chi connectivity index (χ2n) is 2.44. The van der Waals surface area contributed by atoms with Crippen LogP contribution in [0.2, 0.25) is 0 Å². The van der Waals surface area contributed by atoms with Crippen molar-refractivity contribution in [3.05, 3.63) is 11.1 Å². The lowest BCUT2D eigenvalue weighted by Gasteiger charge is -2.34. The summed E-state index contributed by atoms with van der Waals surface area (Å²) in [5.74, 6) is 0. The Hall–Kier alpha value is 0.180. The Balaban J connectivity index is 2.41. The van der Waals surface area contributed by atoms with Crippen molar-refractivity contribution < 1.29 is 4.74 Å². The van der Waals surface area contributed by atoms with Crippen molar-refractivity contribution in [2.24, 2.45) is 5.41 Å². The molecule has 1 fully saturated rings. The molecular formula is C6H9BrO. The van der Waals surface area contributed by atoms with Crippen LogP contribution in [-0.2, 0) is 4.74 Å². The molecule has 0 aromatic rings. The monoisotopic (exact) mass is 176 g/mol. The molecule has 0 radical (unpaired) electrons. The third kappa shape index (κ3) is 1.12. The molecule has 0 unspecified atom stereocenters. The number of halogens is 1. The number of hydrogen-bond acceptors (Lipinski definition) is 1. The van der Waals surface area contributed by atoms with Gasteiger partial charge in [-0.15, -0.1) is 0 Å². The van der Waals surface area contributed by atoms with Crippen LogP contribution >= 0.6 is 15.9 Å². The Bertz CT molecular complexity index is 105. The molecule has 1 aliphatic heterocycles. The van der Waals surface area contributed by atoms with E-state index in [1.165, 1.54) is 0 Å². The highest BCUT2D eigenvalue weighted by atomic mass is 79.9. The Morgan fingerprint density at radius 1 is 1.62 bits per heavy atom. The summed E-state index contributed by atoms with van der Waals surface area (Å²) in [5, 5.41) is 0. The van der Waals surface area contributed by atoms with Gasteiger partial charge in [-0.3, -0.25) is 0 Å². The zero-order valence-corrected chi connectivity index (χ0v) is 6.44. The van der Waals surface area contributed by atoms with Gasteiger partial charge in [0, 0.05) is 5.41 Å². The summed E-state index contributed by atoms with van der Waals surface area (Å²) in [6.45, 7) is 3.92. The Morgan fingerprint density at radius 3 is 2.38 bits per heavy atom. The normalized spacial score (nSPS) is 25.8. The average molecular weight is 177 g/mol. The zero-order chi connectivity index (χ0) is 6.04. The van der Waals surface area contributed by atoms with Crippen LogP contribution in [0.3, 0.4) is 0 Å². The van der Waals surface area contributed by atoms with E-state index in [1.807, 2.05) is 4.99 Å². The highest BCUT2D eigenvalue weighted by Crippen LogP contribution is 2.28. The van der Waals surface area contributed by atoms with Crippen LogP contribution < -0.4 is 0 Å². The van der Waals surface area contributed by atoms with Crippen molar-refractivity contribution in [2.75, 3.05) is 13.2 Å². The van der Waals surface area contributed by atoms with Gasteiger partial charge >= 0.3 is 0 Å². The van der Waals surface area contributed by atoms with E-state index in [2.05, 4.69) is 28.9 Å². The van der Waals surface area contributed by atoms with Gasteiger partial charge in [0.1, 0.15) is 0 Å². The molecule has 0 bridgehead atoms. The largest absolute Gasteiger partial charge is 0.379 e. The van der Waals surface area contributed by atoms with E-state index in [0.717, 1.165) is 13.2 Å². The SMILES string of the molecule is CC1(/C=C/Br)COC1. The van der Waals surface area contributed by atoms with Gasteiger partial charge in [0.2, 0.25) is 0 Å². The third-order valence-electron chi connectivity index (χ3n) is 1.33. The van der Waals surface area contributed by atoms with Gasteiger partial charge in [0.15, 0.2) is 0 Å². The van der Waals surface area contributed by atoms with Crippen LogP contribution in [0.4, 0.5) is 0 Å². The quantitative estimate of drug-likeness (QED) is 0.594. The smallest absolute Gasteiger partial charge is 0.0577 e. The summed E-state index contributed by atoms with van der Waals surface area (Å²) in [4.78, 5) is 1.90. The standard InChI is InChI=1S/C6H9BrO/c1-6(2-3-7)4-8-5-6/h2-3H,4-5H2,1H3/b3-2+. The lowest BCUT2D eigenvalue weighted by atomic mass is 9.89. The molecule has 0 amide bonds. The van der Waals surface area contributed by atoms with Crippen LogP contribution in [0, 0.1) is 5.41 Å². The molecule has 1 saturated heterocycles. The zero-order valence-electron chi connectivity index (χ0n) is 4.86. The predicted octanol–water partition coefficient (Wildman–Crippen LogP) is 1.93. The van der Waals surface area contributed by atoms with E-state index in [4.69, 9.17) is 4.74 Å². The summed E-state index contributed by atoms with van der Waals surface area (Å²) in [6, 6.07) is 0. The lowest BCUT2D eigenvalue weighted by molar-refractivity contribution is -0.0706. The summed E-state index contributed by atoms with van der Waals surface area (Å²) in [6.07, 6.45) is 2.12. The first kappa shape index (κ1) is 6.30. The molecule has 1 aliphatic rings. The maximum absolute atomic E-state index is 5.02. The first-order chi connectivity index (χ1) is 3.77. The second-order valence-corrected chi connectivity index (χ2v) is 2.97. The van der Waals surface area contributed by atoms with Crippen molar-refractivity contribution in [1.82, 2.24) is 0 Å². The van der Waals surface area contributed by atoms with Gasteiger partial charge in [0.25, 0.3) is 0 Å². The second kappa shape index (κ2) is 2.19. The number of ether oxygens (including phenoxy) is 1. The minimum Gasteiger partial charge on any atom is -0.379 e. The lowest BCUT2D eigenvalue weighted by Crippen LogP contribution is -2.37. The molecule has 0 atom stereocenters. The van der Waals surface area contributed by atoms with E-state index in [0.29, 0.717) is 5.41 Å². The predicted molar refractivity (Wildman–Crippen MR) is 37.0 cm³/mol. The molecule has 0 saturated carbocycles. The Kier molecular flexibility index (Phi) is 1.73. The highest BCUT2D eigenvalue weighted by Gasteiger charge is 2.29. The van der Waals surface area contributed by atoms with Gasteiger partial charge in [0.05, 0.1) is 13.2 Å². The van der Waals surface area contributed by atoms with E-state index >= 15 is 0 Å². The van der Waals surface area contributed by atoms with E-state index in [9.17, 15) is 0 Å². The van der Waals surface area contributed by atoms with Crippen molar-refractivity contribution in [3.63, 3.8) is 0 Å². The summed E-state index contributed by atoms with van der Waals surface area (Å²) in [7, 11) is 0. The molecule has 0 aromatic heterocycles. The highest BCUT2D eigenvalue weighted by molar-refractivity contribution is 9.11. The van der Waals surface area contributed by atoms with Crippen LogP contribution in [0.15, 0.2) is 11.1 Å². The third-order valence-corrected chi connectivity index (χ3v) is 1.59. The van der Waals surface area contributed by atoms with Crippen molar-refractivity contribution >= 4 is 15.9 Å². The van der Waals surface area contributed by atoms with E-state index in [1.54, 1.807) is 0 Å². The molecule has 1 heterocycles. The number of rotatable bonds is 1. The first-order valence-electron chi connectivity index (χ1n) is 2.62. The summed E-state index contributed by atoms with van der Waals surface area (Å²) in [5.41, 5.74) is 0.323. The average Bonchev–Trinajstić information content (AvgIpc) is 1.64. The summed E-state index contributed by atoms with van der Waals surface area (Å²) < 4.78 is 5.02. The van der Waals surface area contributed by atoms with Crippen LogP contribution in [0.5, 0.6) is 0 Å². The summed E-state index contributed by atoms with van der Waals surface area (Å²) >= 11 is 3.22. The fraction of sp³-hybridized carbons (Fsp3) is 0.667. The molecule has 0 N–H and O–H groups in total. The molecule has 0 spiro atoms. The Morgan fingerprint density at radius 2 is 2.25 bits per heavy atom. The fourth-order valence-electron chi connectivity index (χ4n) is 0.672.